The Kier molecular flexibility index (Phi) is 8.69. The average molecular weight is 432 g/mol. The van der Waals surface area contributed by atoms with E-state index in [4.69, 9.17) is 4.74 Å². The molecule has 0 saturated carbocycles. The molecule has 0 fully saturated rings. The van der Waals surface area contributed by atoms with Crippen molar-refractivity contribution in [3.05, 3.63) is 59.7 Å². The van der Waals surface area contributed by atoms with E-state index >= 15 is 0 Å². The van der Waals surface area contributed by atoms with Gasteiger partial charge in [0, 0.05) is 18.3 Å². The number of methoxy groups -OCH3 is 1. The van der Waals surface area contributed by atoms with E-state index < -0.39 is 6.04 Å². The van der Waals surface area contributed by atoms with Crippen LogP contribution in [0.15, 0.2) is 48.5 Å². The molecule has 1 heterocycles. The van der Waals surface area contributed by atoms with Crippen molar-refractivity contribution in [3.8, 4) is 5.75 Å². The van der Waals surface area contributed by atoms with Crippen molar-refractivity contribution in [2.75, 3.05) is 12.4 Å². The van der Waals surface area contributed by atoms with E-state index in [0.717, 1.165) is 0 Å². The minimum atomic E-state index is -0.604. The zero-order valence-electron chi connectivity index (χ0n) is 17.6. The van der Waals surface area contributed by atoms with Gasteiger partial charge in [0.25, 0.3) is 0 Å². The molecule has 2 atom stereocenters. The van der Waals surface area contributed by atoms with Gasteiger partial charge in [0.1, 0.15) is 11.8 Å². The lowest BCUT2D eigenvalue weighted by atomic mass is 9.95. The third kappa shape index (κ3) is 6.21. The third-order valence-electron chi connectivity index (χ3n) is 5.08. The second-order valence-corrected chi connectivity index (χ2v) is 7.82. The van der Waals surface area contributed by atoms with E-state index in [-0.39, 0.29) is 36.2 Å². The van der Waals surface area contributed by atoms with Crippen LogP contribution in [0.2, 0.25) is 0 Å². The molecule has 0 aliphatic carbocycles. The first-order valence-corrected chi connectivity index (χ1v) is 10.0. The van der Waals surface area contributed by atoms with Crippen molar-refractivity contribution in [1.29, 1.82) is 0 Å². The third-order valence-corrected chi connectivity index (χ3v) is 5.08. The maximum Gasteiger partial charge on any atom is 0.246 e. The fourth-order valence-corrected chi connectivity index (χ4v) is 3.55. The van der Waals surface area contributed by atoms with Gasteiger partial charge < -0.3 is 20.7 Å². The number of hydrogen-bond donors (Lipinski definition) is 3. The van der Waals surface area contributed by atoms with Crippen molar-refractivity contribution in [3.63, 3.8) is 0 Å². The molecule has 2 aromatic rings. The van der Waals surface area contributed by atoms with Crippen molar-refractivity contribution in [2.24, 2.45) is 5.92 Å². The summed E-state index contributed by atoms with van der Waals surface area (Å²) in [5, 5.41) is 9.12. The SMILES string of the molecule is COc1cccc(NC(=O)[C@@H](CC(C)C)NC(=O)[C@@H]2Cc3ccccc3CN2)c1.Cl. The summed E-state index contributed by atoms with van der Waals surface area (Å²) >= 11 is 0. The first kappa shape index (κ1) is 23.7. The number of nitrogens with one attached hydrogen (secondary N) is 3. The minimum Gasteiger partial charge on any atom is -0.497 e. The monoisotopic (exact) mass is 431 g/mol. The Morgan fingerprint density at radius 1 is 1.13 bits per heavy atom. The van der Waals surface area contributed by atoms with Crippen molar-refractivity contribution in [1.82, 2.24) is 10.6 Å². The molecule has 6 nitrogen and oxygen atoms in total. The normalized spacial score (nSPS) is 16.1. The van der Waals surface area contributed by atoms with Crippen LogP contribution in [0.5, 0.6) is 5.75 Å². The van der Waals surface area contributed by atoms with Crippen LogP contribution in [0.1, 0.15) is 31.4 Å². The summed E-state index contributed by atoms with van der Waals surface area (Å²) < 4.78 is 5.20. The number of anilines is 1. The predicted octanol–water partition coefficient (Wildman–Crippen LogP) is 3.30. The molecule has 0 unspecified atom stereocenters. The van der Waals surface area contributed by atoms with E-state index in [1.807, 2.05) is 38.1 Å². The van der Waals surface area contributed by atoms with Crippen LogP contribution in [0.3, 0.4) is 0 Å². The van der Waals surface area contributed by atoms with Crippen LogP contribution in [0.4, 0.5) is 5.69 Å². The van der Waals surface area contributed by atoms with Gasteiger partial charge in [0.2, 0.25) is 11.8 Å². The van der Waals surface area contributed by atoms with Gasteiger partial charge in [-0.2, -0.15) is 0 Å². The maximum absolute atomic E-state index is 12.9. The number of rotatable bonds is 7. The number of amides is 2. The van der Waals surface area contributed by atoms with E-state index in [1.54, 1.807) is 19.2 Å². The van der Waals surface area contributed by atoms with Crippen molar-refractivity contribution in [2.45, 2.75) is 45.3 Å². The Morgan fingerprint density at radius 2 is 1.87 bits per heavy atom. The smallest absolute Gasteiger partial charge is 0.246 e. The van der Waals surface area contributed by atoms with E-state index in [9.17, 15) is 9.59 Å². The molecule has 0 radical (unpaired) electrons. The number of carbonyl (C=O) groups is 2. The maximum atomic E-state index is 12.9. The molecule has 162 valence electrons. The standard InChI is InChI=1S/C23H29N3O3.ClH/c1-15(2)11-21(23(28)25-18-9-6-10-19(13-18)29-3)26-22(27)20-12-16-7-4-5-8-17(16)14-24-20;/h4-10,13,15,20-21,24H,11-12,14H2,1-3H3,(H,25,28)(H,26,27);1H/t20-,21+;/m0./s1. The minimum absolute atomic E-state index is 0. The summed E-state index contributed by atoms with van der Waals surface area (Å²) in [6.45, 7) is 4.72. The van der Waals surface area contributed by atoms with Crippen LogP contribution >= 0.6 is 12.4 Å². The Labute approximate surface area is 184 Å². The van der Waals surface area contributed by atoms with Gasteiger partial charge in [-0.3, -0.25) is 9.59 Å². The lowest BCUT2D eigenvalue weighted by Gasteiger charge is -2.28. The van der Waals surface area contributed by atoms with Crippen molar-refractivity contribution < 1.29 is 14.3 Å². The number of halogens is 1. The number of fused-ring (bicyclic) bond motifs is 1. The molecule has 0 aromatic heterocycles. The molecule has 3 N–H and O–H groups in total. The summed E-state index contributed by atoms with van der Waals surface area (Å²) in [6.07, 6.45) is 1.18. The quantitative estimate of drug-likeness (QED) is 0.628. The largest absolute Gasteiger partial charge is 0.497 e. The average Bonchev–Trinajstić information content (AvgIpc) is 2.72. The lowest BCUT2D eigenvalue weighted by molar-refractivity contribution is -0.128. The fraction of sp³-hybridized carbons (Fsp3) is 0.391. The van der Waals surface area contributed by atoms with Crippen LogP contribution in [-0.4, -0.2) is 31.0 Å². The van der Waals surface area contributed by atoms with Crippen LogP contribution in [-0.2, 0) is 22.6 Å². The van der Waals surface area contributed by atoms with E-state index in [2.05, 4.69) is 28.1 Å². The Hall–Kier alpha value is -2.57. The molecule has 1 aliphatic rings. The zero-order valence-corrected chi connectivity index (χ0v) is 18.4. The summed E-state index contributed by atoms with van der Waals surface area (Å²) in [6, 6.07) is 14.3. The topological polar surface area (TPSA) is 79.5 Å². The zero-order chi connectivity index (χ0) is 20.8. The second-order valence-electron chi connectivity index (χ2n) is 7.82. The van der Waals surface area contributed by atoms with E-state index in [1.165, 1.54) is 11.1 Å². The Bertz CT molecular complexity index is 872. The summed E-state index contributed by atoms with van der Waals surface area (Å²) in [5.74, 6) is 0.552. The number of hydrogen-bond acceptors (Lipinski definition) is 4. The van der Waals surface area contributed by atoms with Gasteiger partial charge in [-0.25, -0.2) is 0 Å². The van der Waals surface area contributed by atoms with Gasteiger partial charge in [0.05, 0.1) is 13.2 Å². The highest BCUT2D eigenvalue weighted by Gasteiger charge is 2.28. The molecular formula is C23H30ClN3O3. The summed E-state index contributed by atoms with van der Waals surface area (Å²) in [7, 11) is 1.58. The molecule has 3 rings (SSSR count). The number of ether oxygens (including phenoxy) is 1. The number of benzene rings is 2. The van der Waals surface area contributed by atoms with Gasteiger partial charge >= 0.3 is 0 Å². The number of carbonyl (C=O) groups excluding carboxylic acids is 2. The molecule has 7 heteroatoms. The van der Waals surface area contributed by atoms with Crippen molar-refractivity contribution >= 4 is 29.9 Å². The molecule has 1 aliphatic heterocycles. The van der Waals surface area contributed by atoms with Gasteiger partial charge in [-0.1, -0.05) is 44.2 Å². The molecule has 0 spiro atoms. The van der Waals surface area contributed by atoms with Crippen LogP contribution in [0, 0.1) is 5.92 Å². The van der Waals surface area contributed by atoms with Gasteiger partial charge in [0.15, 0.2) is 0 Å². The highest BCUT2D eigenvalue weighted by atomic mass is 35.5. The summed E-state index contributed by atoms with van der Waals surface area (Å²) in [5.41, 5.74) is 3.03. The van der Waals surface area contributed by atoms with Gasteiger partial charge in [-0.15, -0.1) is 12.4 Å². The van der Waals surface area contributed by atoms with Crippen LogP contribution < -0.4 is 20.7 Å². The highest BCUT2D eigenvalue weighted by molar-refractivity contribution is 5.98. The molecule has 2 aromatic carbocycles. The lowest BCUT2D eigenvalue weighted by Crippen LogP contribution is -2.53. The molecule has 30 heavy (non-hydrogen) atoms. The molecule has 0 saturated heterocycles. The van der Waals surface area contributed by atoms with Gasteiger partial charge in [-0.05, 0) is 42.0 Å². The van der Waals surface area contributed by atoms with E-state index in [0.29, 0.717) is 30.8 Å². The predicted molar refractivity (Wildman–Crippen MR) is 121 cm³/mol. The first-order valence-electron chi connectivity index (χ1n) is 10.0. The molecular weight excluding hydrogens is 402 g/mol. The summed E-state index contributed by atoms with van der Waals surface area (Å²) in [4.78, 5) is 25.8. The fourth-order valence-electron chi connectivity index (χ4n) is 3.55. The highest BCUT2D eigenvalue weighted by Crippen LogP contribution is 2.19. The Morgan fingerprint density at radius 3 is 2.57 bits per heavy atom. The second kappa shape index (κ2) is 11.0. The molecule has 2 amide bonds. The Balaban J connectivity index is 0.00000320. The molecule has 0 bridgehead atoms. The van der Waals surface area contributed by atoms with Crippen LogP contribution in [0.25, 0.3) is 0 Å². The first-order chi connectivity index (χ1) is 14.0.